The third-order valence-corrected chi connectivity index (χ3v) is 8.40. The van der Waals surface area contributed by atoms with Gasteiger partial charge in [-0.3, -0.25) is 4.90 Å². The summed E-state index contributed by atoms with van der Waals surface area (Å²) in [4.78, 5) is 14.5. The van der Waals surface area contributed by atoms with Crippen LogP contribution in [-0.4, -0.2) is 68.1 Å². The third-order valence-electron chi connectivity index (χ3n) is 8.40. The van der Waals surface area contributed by atoms with E-state index >= 15 is 0 Å². The number of ether oxygens (including phenoxy) is 3. The molecule has 0 spiro atoms. The van der Waals surface area contributed by atoms with Crippen molar-refractivity contribution < 1.29 is 24.1 Å². The van der Waals surface area contributed by atoms with Gasteiger partial charge in [-0.25, -0.2) is 4.79 Å². The fourth-order valence-electron chi connectivity index (χ4n) is 6.34. The number of unbranched alkanes of at least 4 members (excludes halogenated alkanes) is 2. The number of fused-ring (bicyclic) bond motifs is 2. The fourth-order valence-corrected chi connectivity index (χ4v) is 6.34. The molecule has 4 unspecified atom stereocenters. The van der Waals surface area contributed by atoms with Crippen LogP contribution in [0.1, 0.15) is 69.4 Å². The number of hydrogen-bond acceptors (Lipinski definition) is 6. The first-order valence-electron chi connectivity index (χ1n) is 14.0. The van der Waals surface area contributed by atoms with E-state index in [1.165, 1.54) is 36.8 Å². The third kappa shape index (κ3) is 7.68. The van der Waals surface area contributed by atoms with E-state index in [1.54, 1.807) is 0 Å². The Kier molecular flexibility index (Phi) is 10.3. The first-order chi connectivity index (χ1) is 17.1. The summed E-state index contributed by atoms with van der Waals surface area (Å²) in [5, 5.41) is 10.4. The molecule has 6 heteroatoms. The Morgan fingerprint density at radius 3 is 2.86 bits per heavy atom. The van der Waals surface area contributed by atoms with Crippen LogP contribution in [0, 0.1) is 17.8 Å². The highest BCUT2D eigenvalue weighted by molar-refractivity contribution is 5.71. The molecule has 2 fully saturated rings. The predicted molar refractivity (Wildman–Crippen MR) is 137 cm³/mol. The van der Waals surface area contributed by atoms with Gasteiger partial charge in [-0.15, -0.1) is 0 Å². The second-order valence-electron chi connectivity index (χ2n) is 10.8. The molecule has 1 saturated carbocycles. The molecule has 1 saturated heterocycles. The summed E-state index contributed by atoms with van der Waals surface area (Å²) in [5.41, 5.74) is 2.66. The normalized spacial score (nSPS) is 25.0. The maximum absolute atomic E-state index is 12.3. The predicted octanol–water partition coefficient (Wildman–Crippen LogP) is 4.40. The molecule has 35 heavy (non-hydrogen) atoms. The first kappa shape index (κ1) is 26.4. The number of aliphatic hydroxyl groups excluding tert-OH is 1. The Labute approximate surface area is 211 Å². The molecule has 1 heterocycles. The highest BCUT2D eigenvalue weighted by Gasteiger charge is 2.39. The molecule has 196 valence electrons. The van der Waals surface area contributed by atoms with Crippen molar-refractivity contribution in [2.24, 2.45) is 17.8 Å². The van der Waals surface area contributed by atoms with E-state index in [0.717, 1.165) is 83.0 Å². The largest absolute Gasteiger partial charge is 0.482 e. The van der Waals surface area contributed by atoms with Gasteiger partial charge in [0.05, 0.1) is 19.3 Å². The topological polar surface area (TPSA) is 68.2 Å². The number of rotatable bonds is 13. The lowest BCUT2D eigenvalue weighted by Crippen LogP contribution is -2.38. The maximum atomic E-state index is 12.3. The Bertz CT molecular complexity index is 793. The van der Waals surface area contributed by atoms with Crippen molar-refractivity contribution in [2.45, 2.75) is 77.2 Å². The molecule has 4 atom stereocenters. The molecule has 6 nitrogen and oxygen atoms in total. The van der Waals surface area contributed by atoms with Gasteiger partial charge in [-0.2, -0.15) is 0 Å². The SMILES string of the molecule is CCCCCC(O)CCC1CCC2Cc3c(cccc3OCC(=O)OCCN3CCOCC3)CC12. The number of morpholine rings is 1. The molecule has 1 aliphatic heterocycles. The lowest BCUT2D eigenvalue weighted by Gasteiger charge is -2.32. The Hall–Kier alpha value is -1.63. The van der Waals surface area contributed by atoms with Gasteiger partial charge in [-0.1, -0.05) is 38.3 Å². The van der Waals surface area contributed by atoms with Crippen LogP contribution in [0.3, 0.4) is 0 Å². The van der Waals surface area contributed by atoms with Gasteiger partial charge in [0.15, 0.2) is 6.61 Å². The molecule has 1 N–H and O–H groups in total. The summed E-state index contributed by atoms with van der Waals surface area (Å²) in [6, 6.07) is 6.28. The van der Waals surface area contributed by atoms with Crippen LogP contribution in [0.2, 0.25) is 0 Å². The average Bonchev–Trinajstić information content (AvgIpc) is 3.27. The standard InChI is InChI=1S/C29H45NO5/c1-2-3-4-7-25(31)12-11-22-9-10-24-20-27-23(19-26(22)24)6-5-8-28(27)35-21-29(32)34-18-15-30-13-16-33-17-14-30/h5-6,8,22,24-26,31H,2-4,7,9-21H2,1H3. The number of hydrogen-bond donors (Lipinski definition) is 1. The van der Waals surface area contributed by atoms with Crippen molar-refractivity contribution in [1.82, 2.24) is 4.90 Å². The van der Waals surface area contributed by atoms with Crippen LogP contribution in [0.15, 0.2) is 18.2 Å². The smallest absolute Gasteiger partial charge is 0.344 e. The quantitative estimate of drug-likeness (QED) is 0.329. The second kappa shape index (κ2) is 13.6. The van der Waals surface area contributed by atoms with Gasteiger partial charge in [0.25, 0.3) is 0 Å². The molecule has 0 amide bonds. The van der Waals surface area contributed by atoms with Crippen LogP contribution in [0.5, 0.6) is 5.75 Å². The molecular formula is C29H45NO5. The number of aliphatic hydroxyl groups is 1. The molecule has 0 bridgehead atoms. The average molecular weight is 488 g/mol. The summed E-state index contributed by atoms with van der Waals surface area (Å²) >= 11 is 0. The zero-order valence-corrected chi connectivity index (χ0v) is 21.6. The summed E-state index contributed by atoms with van der Waals surface area (Å²) in [5.74, 6) is 2.67. The van der Waals surface area contributed by atoms with E-state index in [9.17, 15) is 9.90 Å². The van der Waals surface area contributed by atoms with E-state index in [1.807, 2.05) is 6.07 Å². The van der Waals surface area contributed by atoms with Crippen LogP contribution >= 0.6 is 0 Å². The zero-order chi connectivity index (χ0) is 24.5. The van der Waals surface area contributed by atoms with E-state index in [-0.39, 0.29) is 18.7 Å². The molecular weight excluding hydrogens is 442 g/mol. The lowest BCUT2D eigenvalue weighted by atomic mass is 9.73. The monoisotopic (exact) mass is 487 g/mol. The minimum absolute atomic E-state index is 0.0355. The van der Waals surface area contributed by atoms with Crippen molar-refractivity contribution in [3.63, 3.8) is 0 Å². The minimum atomic E-state index is -0.303. The second-order valence-corrected chi connectivity index (χ2v) is 10.8. The van der Waals surface area contributed by atoms with Crippen LogP contribution in [0.25, 0.3) is 0 Å². The van der Waals surface area contributed by atoms with Gasteiger partial charge in [0.2, 0.25) is 0 Å². The summed E-state index contributed by atoms with van der Waals surface area (Å²) < 4.78 is 16.7. The maximum Gasteiger partial charge on any atom is 0.344 e. The summed E-state index contributed by atoms with van der Waals surface area (Å²) in [7, 11) is 0. The number of esters is 1. The molecule has 1 aromatic carbocycles. The summed E-state index contributed by atoms with van der Waals surface area (Å²) in [6.45, 7) is 6.61. The van der Waals surface area contributed by atoms with Crippen LogP contribution < -0.4 is 4.74 Å². The van der Waals surface area contributed by atoms with Crippen molar-refractivity contribution in [1.29, 1.82) is 0 Å². The number of nitrogens with zero attached hydrogens (tertiary/aromatic N) is 1. The summed E-state index contributed by atoms with van der Waals surface area (Å²) in [6.07, 6.45) is 11.2. The molecule has 1 aromatic rings. The molecule has 2 aliphatic carbocycles. The van der Waals surface area contributed by atoms with E-state index < -0.39 is 0 Å². The van der Waals surface area contributed by atoms with Crippen molar-refractivity contribution >= 4 is 5.97 Å². The number of benzene rings is 1. The van der Waals surface area contributed by atoms with Crippen molar-refractivity contribution in [3.05, 3.63) is 29.3 Å². The lowest BCUT2D eigenvalue weighted by molar-refractivity contribution is -0.146. The first-order valence-corrected chi connectivity index (χ1v) is 14.0. The van der Waals surface area contributed by atoms with E-state index in [2.05, 4.69) is 24.0 Å². The number of carbonyl (C=O) groups is 1. The molecule has 0 aromatic heterocycles. The van der Waals surface area contributed by atoms with E-state index in [0.29, 0.717) is 18.4 Å². The van der Waals surface area contributed by atoms with Gasteiger partial charge >= 0.3 is 5.97 Å². The van der Waals surface area contributed by atoms with Crippen LogP contribution in [-0.2, 0) is 27.1 Å². The highest BCUT2D eigenvalue weighted by Crippen LogP contribution is 2.48. The Balaban J connectivity index is 1.23. The number of carbonyl (C=O) groups excluding carboxylic acids is 1. The van der Waals surface area contributed by atoms with Crippen LogP contribution in [0.4, 0.5) is 0 Å². The van der Waals surface area contributed by atoms with Gasteiger partial charge in [0.1, 0.15) is 12.4 Å². The van der Waals surface area contributed by atoms with Crippen molar-refractivity contribution in [3.8, 4) is 5.75 Å². The minimum Gasteiger partial charge on any atom is -0.482 e. The van der Waals surface area contributed by atoms with Gasteiger partial charge in [0, 0.05) is 19.6 Å². The molecule has 3 aliphatic rings. The fraction of sp³-hybridized carbons (Fsp3) is 0.759. The van der Waals surface area contributed by atoms with E-state index in [4.69, 9.17) is 14.2 Å². The van der Waals surface area contributed by atoms with Gasteiger partial charge in [-0.05, 0) is 79.9 Å². The highest BCUT2D eigenvalue weighted by atomic mass is 16.6. The zero-order valence-electron chi connectivity index (χ0n) is 21.6. The molecule has 4 rings (SSSR count). The Morgan fingerprint density at radius 2 is 2.03 bits per heavy atom. The van der Waals surface area contributed by atoms with Crippen molar-refractivity contribution in [2.75, 3.05) is 46.1 Å². The molecule has 0 radical (unpaired) electrons. The van der Waals surface area contributed by atoms with Gasteiger partial charge < -0.3 is 19.3 Å². The Morgan fingerprint density at radius 1 is 1.17 bits per heavy atom.